The number of piperidine rings is 1. The van der Waals surface area contributed by atoms with Crippen molar-refractivity contribution in [3.63, 3.8) is 0 Å². The first kappa shape index (κ1) is 29.4. The molecular weight excluding hydrogens is 587 g/mol. The molecule has 41 heavy (non-hydrogen) atoms. The van der Waals surface area contributed by atoms with Crippen LogP contribution >= 0.6 is 34.8 Å². The topological polar surface area (TPSA) is 100 Å². The third kappa shape index (κ3) is 6.85. The molecule has 3 aromatic rings. The molecular formula is C29H31Cl3N6O3. The van der Waals surface area contributed by atoms with Gasteiger partial charge in [0.25, 0.3) is 0 Å². The van der Waals surface area contributed by atoms with Crippen molar-refractivity contribution in [3.8, 4) is 0 Å². The van der Waals surface area contributed by atoms with E-state index in [1.54, 1.807) is 29.3 Å². The molecule has 3 unspecified atom stereocenters. The molecule has 1 N–H and O–H groups in total. The van der Waals surface area contributed by atoms with Crippen LogP contribution in [0.15, 0.2) is 48.7 Å². The molecule has 0 spiro atoms. The SMILES string of the molecule is CC1CC(c2cn(CC(=O)Nc3cc(Cl)cc(Cl)c3)nn2)CCN1C(=O)C1CC(=O)N([C@@H](C)c2ccc(Cl)cc2)C1. The average Bonchev–Trinajstić information content (AvgIpc) is 3.54. The van der Waals surface area contributed by atoms with E-state index in [4.69, 9.17) is 34.8 Å². The maximum Gasteiger partial charge on any atom is 0.246 e. The Kier molecular flexibility index (Phi) is 8.87. The highest BCUT2D eigenvalue weighted by atomic mass is 35.5. The van der Waals surface area contributed by atoms with Crippen molar-refractivity contribution >= 4 is 58.2 Å². The number of benzene rings is 2. The van der Waals surface area contributed by atoms with Gasteiger partial charge in [-0.3, -0.25) is 14.4 Å². The van der Waals surface area contributed by atoms with E-state index in [1.165, 1.54) is 4.68 Å². The number of halogens is 3. The number of amides is 3. The quantitative estimate of drug-likeness (QED) is 0.373. The van der Waals surface area contributed by atoms with E-state index in [0.29, 0.717) is 33.8 Å². The minimum absolute atomic E-state index is 0.00699. The van der Waals surface area contributed by atoms with Crippen molar-refractivity contribution in [2.75, 3.05) is 18.4 Å². The smallest absolute Gasteiger partial charge is 0.246 e. The summed E-state index contributed by atoms with van der Waals surface area (Å²) in [5.74, 6) is -0.502. The maximum absolute atomic E-state index is 13.5. The molecule has 2 aromatic carbocycles. The molecule has 4 atom stereocenters. The predicted octanol–water partition coefficient (Wildman–Crippen LogP) is 5.58. The van der Waals surface area contributed by atoms with Gasteiger partial charge in [0.2, 0.25) is 17.7 Å². The normalized spacial score (nSPS) is 21.7. The molecule has 2 aliphatic rings. The van der Waals surface area contributed by atoms with Crippen LogP contribution < -0.4 is 5.32 Å². The van der Waals surface area contributed by atoms with E-state index >= 15 is 0 Å². The van der Waals surface area contributed by atoms with Gasteiger partial charge >= 0.3 is 0 Å². The number of carbonyl (C=O) groups is 3. The molecule has 2 saturated heterocycles. The Hall–Kier alpha value is -3.14. The van der Waals surface area contributed by atoms with Crippen molar-refractivity contribution in [3.05, 3.63) is 75.0 Å². The summed E-state index contributed by atoms with van der Waals surface area (Å²) in [7, 11) is 0. The summed E-state index contributed by atoms with van der Waals surface area (Å²) in [4.78, 5) is 42.6. The van der Waals surface area contributed by atoms with Gasteiger partial charge in [-0.05, 0) is 62.6 Å². The first-order valence-corrected chi connectivity index (χ1v) is 14.7. The Morgan fingerprint density at radius 3 is 2.46 bits per heavy atom. The van der Waals surface area contributed by atoms with Crippen molar-refractivity contribution in [1.82, 2.24) is 24.8 Å². The van der Waals surface area contributed by atoms with Crippen molar-refractivity contribution in [1.29, 1.82) is 0 Å². The highest BCUT2D eigenvalue weighted by Crippen LogP contribution is 2.34. The van der Waals surface area contributed by atoms with Gasteiger partial charge < -0.3 is 15.1 Å². The molecule has 0 bridgehead atoms. The van der Waals surface area contributed by atoms with Gasteiger partial charge in [0.05, 0.1) is 17.7 Å². The zero-order valence-corrected chi connectivity index (χ0v) is 25.0. The summed E-state index contributed by atoms with van der Waals surface area (Å²) < 4.78 is 1.50. The first-order valence-electron chi connectivity index (χ1n) is 13.6. The van der Waals surface area contributed by atoms with Crippen LogP contribution in [0.25, 0.3) is 0 Å². The number of nitrogens with one attached hydrogen (secondary N) is 1. The summed E-state index contributed by atoms with van der Waals surface area (Å²) in [6.07, 6.45) is 3.46. The van der Waals surface area contributed by atoms with Gasteiger partial charge in [-0.25, -0.2) is 4.68 Å². The largest absolute Gasteiger partial charge is 0.340 e. The number of hydrogen-bond donors (Lipinski definition) is 1. The molecule has 9 nitrogen and oxygen atoms in total. The molecule has 3 heterocycles. The van der Waals surface area contributed by atoms with E-state index in [1.807, 2.05) is 43.0 Å². The monoisotopic (exact) mass is 616 g/mol. The van der Waals surface area contributed by atoms with Crippen molar-refractivity contribution in [2.45, 2.75) is 57.7 Å². The molecule has 216 valence electrons. The Bertz CT molecular complexity index is 1430. The van der Waals surface area contributed by atoms with Crippen LogP contribution in [0.1, 0.15) is 56.3 Å². The predicted molar refractivity (Wildman–Crippen MR) is 158 cm³/mol. The molecule has 3 amide bonds. The summed E-state index contributed by atoms with van der Waals surface area (Å²) >= 11 is 18.0. The first-order chi connectivity index (χ1) is 19.6. The van der Waals surface area contributed by atoms with E-state index in [2.05, 4.69) is 15.6 Å². The third-order valence-corrected chi connectivity index (χ3v) is 8.60. The molecule has 2 aliphatic heterocycles. The fourth-order valence-electron chi connectivity index (χ4n) is 5.75. The number of anilines is 1. The Morgan fingerprint density at radius 1 is 1.07 bits per heavy atom. The Labute approximate surface area is 253 Å². The maximum atomic E-state index is 13.5. The number of nitrogens with zero attached hydrogens (tertiary/aromatic N) is 5. The summed E-state index contributed by atoms with van der Waals surface area (Å²) in [6.45, 7) is 4.98. The van der Waals surface area contributed by atoms with Crippen LogP contribution in [-0.2, 0) is 20.9 Å². The van der Waals surface area contributed by atoms with Crippen LogP contribution in [-0.4, -0.2) is 61.6 Å². The van der Waals surface area contributed by atoms with Crippen molar-refractivity contribution < 1.29 is 14.4 Å². The molecule has 12 heteroatoms. The second-order valence-corrected chi connectivity index (χ2v) is 12.1. The standard InChI is InChI=1S/C29H31Cl3N6O3/c1-17-9-20(26-15-36(35-34-26)16-27(39)33-25-12-23(31)11-24(32)13-25)7-8-37(17)29(41)21-10-28(40)38(14-21)18(2)19-3-5-22(30)6-4-19/h3-6,11-13,15,17-18,20-21H,7-10,14,16H2,1-2H3,(H,33,39)/t17?,18-,20?,21?/m0/s1. The Balaban J connectivity index is 1.15. The number of hydrogen-bond acceptors (Lipinski definition) is 5. The molecule has 0 aliphatic carbocycles. The number of likely N-dealkylation sites (tertiary alicyclic amines) is 2. The lowest BCUT2D eigenvalue weighted by molar-refractivity contribution is -0.139. The molecule has 0 radical (unpaired) electrons. The van der Waals surface area contributed by atoms with Crippen LogP contribution in [0.2, 0.25) is 15.1 Å². The molecule has 2 fully saturated rings. The lowest BCUT2D eigenvalue weighted by Crippen LogP contribution is -2.47. The summed E-state index contributed by atoms with van der Waals surface area (Å²) in [6, 6.07) is 12.1. The van der Waals surface area contributed by atoms with Crippen molar-refractivity contribution in [2.24, 2.45) is 5.92 Å². The molecule has 1 aromatic heterocycles. The lowest BCUT2D eigenvalue weighted by Gasteiger charge is -2.38. The van der Waals surface area contributed by atoms with Gasteiger partial charge in [0.1, 0.15) is 6.54 Å². The zero-order chi connectivity index (χ0) is 29.3. The highest BCUT2D eigenvalue weighted by molar-refractivity contribution is 6.35. The van der Waals surface area contributed by atoms with Gasteiger partial charge in [0.15, 0.2) is 0 Å². The second kappa shape index (κ2) is 12.4. The van der Waals surface area contributed by atoms with E-state index < -0.39 is 0 Å². The van der Waals surface area contributed by atoms with E-state index in [0.717, 1.165) is 24.1 Å². The summed E-state index contributed by atoms with van der Waals surface area (Å²) in [5, 5.41) is 12.7. The van der Waals surface area contributed by atoms with Gasteiger partial charge in [-0.2, -0.15) is 0 Å². The minimum Gasteiger partial charge on any atom is -0.340 e. The fraction of sp³-hybridized carbons (Fsp3) is 0.414. The number of aromatic nitrogens is 3. The summed E-state index contributed by atoms with van der Waals surface area (Å²) in [5.41, 5.74) is 2.29. The number of carbonyl (C=O) groups excluding carboxylic acids is 3. The average molecular weight is 618 g/mol. The number of rotatable bonds is 7. The lowest BCUT2D eigenvalue weighted by atomic mass is 9.88. The van der Waals surface area contributed by atoms with Gasteiger partial charge in [-0.15, -0.1) is 5.10 Å². The van der Waals surface area contributed by atoms with Crippen LogP contribution in [0.4, 0.5) is 5.69 Å². The van der Waals surface area contributed by atoms with Crippen LogP contribution in [0.3, 0.4) is 0 Å². The highest BCUT2D eigenvalue weighted by Gasteiger charge is 2.41. The molecule has 0 saturated carbocycles. The van der Waals surface area contributed by atoms with Crippen LogP contribution in [0.5, 0.6) is 0 Å². The van der Waals surface area contributed by atoms with E-state index in [-0.39, 0.29) is 54.6 Å². The Morgan fingerprint density at radius 2 is 1.78 bits per heavy atom. The second-order valence-electron chi connectivity index (χ2n) is 10.8. The van der Waals surface area contributed by atoms with Crippen LogP contribution in [0, 0.1) is 5.92 Å². The van der Waals surface area contributed by atoms with Gasteiger partial charge in [0, 0.05) is 58.4 Å². The molecule has 5 rings (SSSR count). The van der Waals surface area contributed by atoms with E-state index in [9.17, 15) is 14.4 Å². The third-order valence-electron chi connectivity index (χ3n) is 7.91. The van der Waals surface area contributed by atoms with Gasteiger partial charge in [-0.1, -0.05) is 52.1 Å². The minimum atomic E-state index is -0.356. The fourth-order valence-corrected chi connectivity index (χ4v) is 6.40. The zero-order valence-electron chi connectivity index (χ0n) is 22.8.